The van der Waals surface area contributed by atoms with Crippen molar-refractivity contribution in [2.24, 2.45) is 5.92 Å². The first-order chi connectivity index (χ1) is 12.3. The third-order valence-electron chi connectivity index (χ3n) is 4.44. The third kappa shape index (κ3) is 4.97. The minimum absolute atomic E-state index is 0.0144. The lowest BCUT2D eigenvalue weighted by Crippen LogP contribution is -2.32. The molecule has 4 nitrogen and oxygen atoms in total. The Labute approximate surface area is 153 Å². The van der Waals surface area contributed by atoms with E-state index < -0.39 is 0 Å². The summed E-state index contributed by atoms with van der Waals surface area (Å²) < 4.78 is 10.5. The molecule has 1 aliphatic rings. The van der Waals surface area contributed by atoms with Crippen molar-refractivity contribution in [3.05, 3.63) is 70.6 Å². The zero-order valence-electron chi connectivity index (χ0n) is 14.7. The molecule has 0 radical (unpaired) electrons. The second kappa shape index (κ2) is 9.22. The Morgan fingerprint density at radius 1 is 1.16 bits per heavy atom. The highest BCUT2D eigenvalue weighted by atomic mass is 32.2. The van der Waals surface area contributed by atoms with E-state index in [1.54, 1.807) is 16.7 Å². The van der Waals surface area contributed by atoms with Gasteiger partial charge in [-0.1, -0.05) is 55.3 Å². The summed E-state index contributed by atoms with van der Waals surface area (Å²) in [6.45, 7) is 5.44. The van der Waals surface area contributed by atoms with Gasteiger partial charge < -0.3 is 9.30 Å². The first kappa shape index (κ1) is 18.2. The van der Waals surface area contributed by atoms with Crippen LogP contribution in [0.25, 0.3) is 0 Å². The smallest absolute Gasteiger partial charge is 0.250 e. The lowest BCUT2D eigenvalue weighted by Gasteiger charge is -2.28. The summed E-state index contributed by atoms with van der Waals surface area (Å²) in [5.74, 6) is 1.35. The summed E-state index contributed by atoms with van der Waals surface area (Å²) in [5.41, 5.74) is 1.24. The monoisotopic (exact) mass is 358 g/mol. The van der Waals surface area contributed by atoms with E-state index in [4.69, 9.17) is 4.74 Å². The molecule has 0 N–H and O–H groups in total. The lowest BCUT2D eigenvalue weighted by atomic mass is 9.95. The first-order valence-electron chi connectivity index (χ1n) is 8.98. The zero-order valence-corrected chi connectivity index (χ0v) is 15.5. The predicted octanol–water partition coefficient (Wildman–Crippen LogP) is 3.60. The van der Waals surface area contributed by atoms with Crippen LogP contribution in [0.3, 0.4) is 0 Å². The van der Waals surface area contributed by atoms with Gasteiger partial charge in [0.15, 0.2) is 0 Å². The molecule has 1 fully saturated rings. The Bertz CT molecular complexity index is 704. The Morgan fingerprint density at radius 3 is 2.72 bits per heavy atom. The third-order valence-corrected chi connectivity index (χ3v) is 5.73. The second-order valence-electron chi connectivity index (χ2n) is 6.37. The van der Waals surface area contributed by atoms with Crippen LogP contribution in [0.5, 0.6) is 0 Å². The van der Waals surface area contributed by atoms with Crippen LogP contribution in [0.1, 0.15) is 25.0 Å². The highest BCUT2D eigenvalue weighted by Crippen LogP contribution is 2.32. The van der Waals surface area contributed by atoms with E-state index in [1.807, 2.05) is 30.3 Å². The predicted molar refractivity (Wildman–Crippen MR) is 104 cm³/mol. The number of hydrogen-bond donors (Lipinski definition) is 0. The molecule has 1 aliphatic heterocycles. The van der Waals surface area contributed by atoms with Gasteiger partial charge in [0.25, 0.3) is 5.56 Å². The maximum absolute atomic E-state index is 12.2. The van der Waals surface area contributed by atoms with E-state index >= 15 is 0 Å². The number of nitrogens with zero attached hydrogens (tertiary/aromatic N) is 2. The molecule has 3 rings (SSSR count). The summed E-state index contributed by atoms with van der Waals surface area (Å²) in [5, 5.41) is 0. The van der Waals surface area contributed by atoms with Crippen LogP contribution < -0.4 is 5.56 Å². The highest BCUT2D eigenvalue weighted by molar-refractivity contribution is 7.97. The van der Waals surface area contributed by atoms with Crippen molar-refractivity contribution >= 4 is 11.9 Å². The fraction of sp³-hybridized carbons (Fsp3) is 0.450. The topological polar surface area (TPSA) is 34.5 Å². The van der Waals surface area contributed by atoms with Gasteiger partial charge in [-0.3, -0.25) is 4.79 Å². The van der Waals surface area contributed by atoms with Crippen molar-refractivity contribution < 1.29 is 4.74 Å². The summed E-state index contributed by atoms with van der Waals surface area (Å²) in [4.78, 5) is 12.2. The highest BCUT2D eigenvalue weighted by Gasteiger charge is 2.30. The molecule has 0 bridgehead atoms. The Kier molecular flexibility index (Phi) is 6.73. The fourth-order valence-electron chi connectivity index (χ4n) is 3.23. The number of ether oxygens (including phenoxy) is 1. The van der Waals surface area contributed by atoms with Crippen LogP contribution >= 0.6 is 11.9 Å². The van der Waals surface area contributed by atoms with Gasteiger partial charge in [0.2, 0.25) is 0 Å². The van der Waals surface area contributed by atoms with E-state index in [1.165, 1.54) is 5.56 Å². The summed E-state index contributed by atoms with van der Waals surface area (Å²) in [7, 11) is 0. The standard InChI is InChI=1S/C20H26N2O2S/c1-2-14-25-22-12-13-24-20(17-8-4-3-5-9-17)18(16-22)15-21-11-7-6-10-19(21)23/h3-11,18,20H,2,12-16H2,1H3. The molecule has 2 unspecified atom stereocenters. The molecule has 0 saturated carbocycles. The molecule has 1 aromatic carbocycles. The minimum atomic E-state index is 0.0144. The van der Waals surface area contributed by atoms with Crippen molar-refractivity contribution in [1.82, 2.24) is 8.87 Å². The maximum Gasteiger partial charge on any atom is 0.250 e. The largest absolute Gasteiger partial charge is 0.372 e. The van der Waals surface area contributed by atoms with Gasteiger partial charge in [0.1, 0.15) is 0 Å². The fourth-order valence-corrected chi connectivity index (χ4v) is 4.17. The van der Waals surface area contributed by atoms with Crippen molar-refractivity contribution in [2.45, 2.75) is 26.0 Å². The van der Waals surface area contributed by atoms with Crippen molar-refractivity contribution in [3.8, 4) is 0 Å². The second-order valence-corrected chi connectivity index (χ2v) is 7.56. The van der Waals surface area contributed by atoms with Gasteiger partial charge in [0, 0.05) is 43.6 Å². The van der Waals surface area contributed by atoms with E-state index in [9.17, 15) is 4.79 Å². The van der Waals surface area contributed by atoms with Crippen LogP contribution in [0.2, 0.25) is 0 Å². The van der Waals surface area contributed by atoms with Gasteiger partial charge in [-0.25, -0.2) is 4.31 Å². The zero-order chi connectivity index (χ0) is 17.5. The SMILES string of the molecule is CCCSN1CCOC(c2ccccc2)C(Cn2ccccc2=O)C1. The van der Waals surface area contributed by atoms with E-state index in [2.05, 4.69) is 35.5 Å². The van der Waals surface area contributed by atoms with Crippen LogP contribution in [0.15, 0.2) is 59.5 Å². The van der Waals surface area contributed by atoms with E-state index in [0.717, 1.165) is 31.9 Å². The summed E-state index contributed by atoms with van der Waals surface area (Å²) >= 11 is 1.89. The molecular weight excluding hydrogens is 332 g/mol. The van der Waals surface area contributed by atoms with Crippen molar-refractivity contribution in [3.63, 3.8) is 0 Å². The van der Waals surface area contributed by atoms with E-state index in [0.29, 0.717) is 6.54 Å². The van der Waals surface area contributed by atoms with Gasteiger partial charge in [-0.05, 0) is 18.1 Å². The number of aromatic nitrogens is 1. The molecular formula is C20H26N2O2S. The van der Waals surface area contributed by atoms with Crippen LogP contribution in [0.4, 0.5) is 0 Å². The molecule has 25 heavy (non-hydrogen) atoms. The molecule has 1 saturated heterocycles. The van der Waals surface area contributed by atoms with Gasteiger partial charge >= 0.3 is 0 Å². The minimum Gasteiger partial charge on any atom is -0.372 e. The van der Waals surface area contributed by atoms with Crippen LogP contribution in [-0.4, -0.2) is 34.3 Å². The Morgan fingerprint density at radius 2 is 1.96 bits per heavy atom. The average molecular weight is 359 g/mol. The summed E-state index contributed by atoms with van der Waals surface area (Å²) in [6, 6.07) is 15.7. The first-order valence-corrected chi connectivity index (χ1v) is 9.92. The number of benzene rings is 1. The van der Waals surface area contributed by atoms with Gasteiger partial charge in [-0.15, -0.1) is 0 Å². The molecule has 1 aromatic heterocycles. The molecule has 0 aliphatic carbocycles. The average Bonchev–Trinajstić information content (AvgIpc) is 2.85. The van der Waals surface area contributed by atoms with E-state index in [-0.39, 0.29) is 17.6 Å². The number of hydrogen-bond acceptors (Lipinski definition) is 4. The maximum atomic E-state index is 12.2. The Balaban J connectivity index is 1.84. The molecule has 5 heteroatoms. The van der Waals surface area contributed by atoms with Gasteiger partial charge in [-0.2, -0.15) is 0 Å². The molecule has 134 valence electrons. The Hall–Kier alpha value is -1.56. The summed E-state index contributed by atoms with van der Waals surface area (Å²) in [6.07, 6.45) is 3.05. The van der Waals surface area contributed by atoms with Crippen LogP contribution in [-0.2, 0) is 11.3 Å². The van der Waals surface area contributed by atoms with Crippen molar-refractivity contribution in [1.29, 1.82) is 0 Å². The number of pyridine rings is 1. The molecule has 2 atom stereocenters. The van der Waals surface area contributed by atoms with Crippen LogP contribution in [0, 0.1) is 5.92 Å². The van der Waals surface area contributed by atoms with Gasteiger partial charge in [0.05, 0.1) is 12.7 Å². The normalized spacial score (nSPS) is 21.8. The molecule has 2 aromatic rings. The molecule has 0 spiro atoms. The quantitative estimate of drug-likeness (QED) is 0.739. The molecule has 2 heterocycles. The van der Waals surface area contributed by atoms with Crippen molar-refractivity contribution in [2.75, 3.05) is 25.4 Å². The molecule has 0 amide bonds. The number of rotatable bonds is 6. The lowest BCUT2D eigenvalue weighted by molar-refractivity contribution is 0.0251.